The third-order valence-electron chi connectivity index (χ3n) is 2.11. The number of furan rings is 1. The van der Waals surface area contributed by atoms with E-state index in [0.29, 0.717) is 12.6 Å². The van der Waals surface area contributed by atoms with Crippen molar-refractivity contribution in [3.8, 4) is 0 Å². The van der Waals surface area contributed by atoms with Crippen molar-refractivity contribution in [2.24, 2.45) is 5.73 Å². The van der Waals surface area contributed by atoms with Gasteiger partial charge in [-0.3, -0.25) is 4.90 Å². The van der Waals surface area contributed by atoms with E-state index in [1.54, 1.807) is 12.5 Å². The Morgan fingerprint density at radius 3 is 2.92 bits per heavy atom. The molecule has 0 bridgehead atoms. The Morgan fingerprint density at radius 1 is 1.67 bits per heavy atom. The molecule has 0 fully saturated rings. The molecular weight excluding hydrogens is 152 g/mol. The van der Waals surface area contributed by atoms with Crippen LogP contribution >= 0.6 is 0 Å². The number of likely N-dealkylation sites (N-methyl/N-ethyl adjacent to an activating group) is 1. The molecule has 0 saturated carbocycles. The lowest BCUT2D eigenvalue weighted by atomic mass is 10.2. The molecule has 0 amide bonds. The largest absolute Gasteiger partial charge is 0.472 e. The average Bonchev–Trinajstić information content (AvgIpc) is 2.55. The first kappa shape index (κ1) is 9.29. The predicted molar refractivity (Wildman–Crippen MR) is 48.7 cm³/mol. The maximum absolute atomic E-state index is 5.54. The zero-order valence-electron chi connectivity index (χ0n) is 7.66. The van der Waals surface area contributed by atoms with Gasteiger partial charge in [0.1, 0.15) is 0 Å². The molecule has 68 valence electrons. The van der Waals surface area contributed by atoms with Crippen molar-refractivity contribution in [2.45, 2.75) is 19.5 Å². The smallest absolute Gasteiger partial charge is 0.0947 e. The van der Waals surface area contributed by atoms with Crippen LogP contribution in [-0.4, -0.2) is 24.5 Å². The molecule has 0 aliphatic carbocycles. The lowest BCUT2D eigenvalue weighted by molar-refractivity contribution is 0.254. The molecule has 0 radical (unpaired) electrons. The number of nitrogens with two attached hydrogens (primary N) is 1. The molecule has 0 aliphatic heterocycles. The van der Waals surface area contributed by atoms with E-state index >= 15 is 0 Å². The molecule has 1 rings (SSSR count). The van der Waals surface area contributed by atoms with E-state index in [-0.39, 0.29) is 0 Å². The van der Waals surface area contributed by atoms with Crippen LogP contribution in [0.25, 0.3) is 0 Å². The highest BCUT2D eigenvalue weighted by Gasteiger charge is 2.07. The number of hydrogen-bond donors (Lipinski definition) is 1. The monoisotopic (exact) mass is 168 g/mol. The van der Waals surface area contributed by atoms with Gasteiger partial charge in [-0.25, -0.2) is 0 Å². The molecular formula is C9H16N2O. The van der Waals surface area contributed by atoms with Crippen LogP contribution < -0.4 is 5.73 Å². The molecule has 3 heteroatoms. The van der Waals surface area contributed by atoms with Crippen LogP contribution in [0.15, 0.2) is 23.0 Å². The molecule has 1 aromatic heterocycles. The highest BCUT2D eigenvalue weighted by atomic mass is 16.3. The Morgan fingerprint density at radius 2 is 2.42 bits per heavy atom. The van der Waals surface area contributed by atoms with Crippen molar-refractivity contribution in [2.75, 3.05) is 13.6 Å². The SMILES string of the molecule is CC(CN)N(C)Cc1ccoc1. The first-order valence-electron chi connectivity index (χ1n) is 4.15. The van der Waals surface area contributed by atoms with Gasteiger partial charge in [0.15, 0.2) is 0 Å². The summed E-state index contributed by atoms with van der Waals surface area (Å²) in [5.74, 6) is 0. The summed E-state index contributed by atoms with van der Waals surface area (Å²) in [5, 5.41) is 0. The summed E-state index contributed by atoms with van der Waals surface area (Å²) in [5.41, 5.74) is 6.73. The molecule has 0 saturated heterocycles. The van der Waals surface area contributed by atoms with Crippen molar-refractivity contribution in [1.29, 1.82) is 0 Å². The summed E-state index contributed by atoms with van der Waals surface area (Å²) >= 11 is 0. The number of rotatable bonds is 4. The van der Waals surface area contributed by atoms with Gasteiger partial charge < -0.3 is 10.2 Å². The van der Waals surface area contributed by atoms with Crippen LogP contribution in [0.4, 0.5) is 0 Å². The van der Waals surface area contributed by atoms with Gasteiger partial charge >= 0.3 is 0 Å². The minimum atomic E-state index is 0.417. The Labute approximate surface area is 73.2 Å². The fraction of sp³-hybridized carbons (Fsp3) is 0.556. The van der Waals surface area contributed by atoms with Gasteiger partial charge in [0.25, 0.3) is 0 Å². The standard InChI is InChI=1S/C9H16N2O/c1-8(5-10)11(2)6-9-3-4-12-7-9/h3-4,7-8H,5-6,10H2,1-2H3. The molecule has 2 N–H and O–H groups in total. The van der Waals surface area contributed by atoms with Crippen molar-refractivity contribution in [1.82, 2.24) is 4.90 Å². The third-order valence-corrected chi connectivity index (χ3v) is 2.11. The maximum Gasteiger partial charge on any atom is 0.0947 e. The summed E-state index contributed by atoms with van der Waals surface area (Å²) < 4.78 is 4.97. The molecule has 1 unspecified atom stereocenters. The summed E-state index contributed by atoms with van der Waals surface area (Å²) in [6.07, 6.45) is 3.45. The van der Waals surface area contributed by atoms with E-state index in [0.717, 1.165) is 6.54 Å². The van der Waals surface area contributed by atoms with Gasteiger partial charge in [0.2, 0.25) is 0 Å². The lowest BCUT2D eigenvalue weighted by Gasteiger charge is -2.22. The van der Waals surface area contributed by atoms with Crippen LogP contribution in [0.3, 0.4) is 0 Å². The van der Waals surface area contributed by atoms with Gasteiger partial charge in [-0.2, -0.15) is 0 Å². The molecule has 0 aliphatic rings. The topological polar surface area (TPSA) is 42.4 Å². The van der Waals surface area contributed by atoms with Crippen LogP contribution in [0.5, 0.6) is 0 Å². The van der Waals surface area contributed by atoms with Gasteiger partial charge in [-0.1, -0.05) is 0 Å². The van der Waals surface area contributed by atoms with E-state index in [1.165, 1.54) is 5.56 Å². The molecule has 3 nitrogen and oxygen atoms in total. The van der Waals surface area contributed by atoms with Crippen LogP contribution in [0, 0.1) is 0 Å². The quantitative estimate of drug-likeness (QED) is 0.731. The highest BCUT2D eigenvalue weighted by molar-refractivity contribution is 5.04. The normalized spacial score (nSPS) is 13.7. The Balaban J connectivity index is 2.41. The summed E-state index contributed by atoms with van der Waals surface area (Å²) in [7, 11) is 2.06. The van der Waals surface area contributed by atoms with Crippen molar-refractivity contribution in [3.63, 3.8) is 0 Å². The van der Waals surface area contributed by atoms with Crippen molar-refractivity contribution in [3.05, 3.63) is 24.2 Å². The van der Waals surface area contributed by atoms with E-state index < -0.39 is 0 Å². The number of nitrogens with zero attached hydrogens (tertiary/aromatic N) is 1. The van der Waals surface area contributed by atoms with Gasteiger partial charge in [0.05, 0.1) is 12.5 Å². The van der Waals surface area contributed by atoms with E-state index in [4.69, 9.17) is 10.2 Å². The Kier molecular flexibility index (Phi) is 3.31. The van der Waals surface area contributed by atoms with E-state index in [2.05, 4.69) is 18.9 Å². The molecule has 0 spiro atoms. The zero-order valence-corrected chi connectivity index (χ0v) is 7.66. The second-order valence-electron chi connectivity index (χ2n) is 3.13. The van der Waals surface area contributed by atoms with E-state index in [1.807, 2.05) is 6.07 Å². The minimum Gasteiger partial charge on any atom is -0.472 e. The van der Waals surface area contributed by atoms with Crippen LogP contribution in [-0.2, 0) is 6.54 Å². The Bertz CT molecular complexity index is 208. The average molecular weight is 168 g/mol. The molecule has 0 aromatic carbocycles. The fourth-order valence-electron chi connectivity index (χ4n) is 1.01. The van der Waals surface area contributed by atoms with Gasteiger partial charge in [-0.05, 0) is 20.0 Å². The molecule has 1 aromatic rings. The Hall–Kier alpha value is -0.800. The van der Waals surface area contributed by atoms with E-state index in [9.17, 15) is 0 Å². The van der Waals surface area contributed by atoms with Gasteiger partial charge in [0, 0.05) is 24.7 Å². The fourth-order valence-corrected chi connectivity index (χ4v) is 1.01. The second kappa shape index (κ2) is 4.28. The first-order chi connectivity index (χ1) is 5.74. The van der Waals surface area contributed by atoms with Gasteiger partial charge in [-0.15, -0.1) is 0 Å². The first-order valence-corrected chi connectivity index (χ1v) is 4.15. The molecule has 1 atom stereocenters. The van der Waals surface area contributed by atoms with Crippen LogP contribution in [0.2, 0.25) is 0 Å². The zero-order chi connectivity index (χ0) is 8.97. The molecule has 1 heterocycles. The summed E-state index contributed by atoms with van der Waals surface area (Å²) in [4.78, 5) is 2.20. The van der Waals surface area contributed by atoms with Crippen molar-refractivity contribution < 1.29 is 4.42 Å². The molecule has 12 heavy (non-hydrogen) atoms. The lowest BCUT2D eigenvalue weighted by Crippen LogP contribution is -2.34. The predicted octanol–water partition coefficient (Wildman–Crippen LogP) is 1.06. The maximum atomic E-state index is 5.54. The summed E-state index contributed by atoms with van der Waals surface area (Å²) in [6, 6.07) is 2.39. The summed E-state index contributed by atoms with van der Waals surface area (Å²) in [6.45, 7) is 3.70. The van der Waals surface area contributed by atoms with Crippen LogP contribution in [0.1, 0.15) is 12.5 Å². The minimum absolute atomic E-state index is 0.417. The second-order valence-corrected chi connectivity index (χ2v) is 3.13. The third kappa shape index (κ3) is 2.36. The number of hydrogen-bond acceptors (Lipinski definition) is 3. The highest BCUT2D eigenvalue weighted by Crippen LogP contribution is 2.05. The van der Waals surface area contributed by atoms with Crippen molar-refractivity contribution >= 4 is 0 Å².